The van der Waals surface area contributed by atoms with E-state index in [1.165, 1.54) is 12.2 Å². The van der Waals surface area contributed by atoms with E-state index in [1.807, 2.05) is 36.4 Å². The Hall–Kier alpha value is -2.56. The zero-order valence-electron chi connectivity index (χ0n) is 17.5. The van der Waals surface area contributed by atoms with Crippen molar-refractivity contribution in [3.8, 4) is 0 Å². The van der Waals surface area contributed by atoms with Gasteiger partial charge in [-0.2, -0.15) is 0 Å². The smallest absolute Gasteiger partial charge is 0.243 e. The Morgan fingerprint density at radius 2 is 1.10 bits per heavy atom. The van der Waals surface area contributed by atoms with Crippen molar-refractivity contribution in [2.75, 3.05) is 13.1 Å². The van der Waals surface area contributed by atoms with Crippen LogP contribution in [0.15, 0.2) is 60.7 Å². The highest BCUT2D eigenvalue weighted by Gasteiger charge is 1.98. The normalized spacial score (nSPS) is 11.2. The fourth-order valence-corrected chi connectivity index (χ4v) is 3.28. The fraction of sp³-hybridized carbons (Fsp3) is 0.280. The van der Waals surface area contributed by atoms with Gasteiger partial charge in [0.1, 0.15) is 0 Å². The molecule has 164 valence electrons. The predicted molar refractivity (Wildman–Crippen MR) is 130 cm³/mol. The number of carbonyl (C=O) groups is 2. The molecule has 2 aromatic rings. The number of benzene rings is 2. The molecule has 0 fully saturated rings. The second-order valence-electron chi connectivity index (χ2n) is 7.13. The molecule has 0 aliphatic rings. The lowest BCUT2D eigenvalue weighted by Gasteiger charge is -2.04. The maximum absolute atomic E-state index is 11.8. The largest absolute Gasteiger partial charge is 0.353 e. The lowest BCUT2D eigenvalue weighted by atomic mass is 10.1. The van der Waals surface area contributed by atoms with Gasteiger partial charge in [-0.15, -0.1) is 0 Å². The van der Waals surface area contributed by atoms with Gasteiger partial charge in [0.2, 0.25) is 11.8 Å². The molecule has 0 heterocycles. The van der Waals surface area contributed by atoms with Crippen molar-refractivity contribution in [2.45, 2.75) is 32.1 Å². The molecule has 0 saturated heterocycles. The highest BCUT2D eigenvalue weighted by atomic mass is 35.5. The van der Waals surface area contributed by atoms with Crippen LogP contribution in [0.2, 0.25) is 10.0 Å². The third-order valence-electron chi connectivity index (χ3n) is 4.50. The Kier molecular flexibility index (Phi) is 11.5. The summed E-state index contributed by atoms with van der Waals surface area (Å²) in [4.78, 5) is 23.6. The van der Waals surface area contributed by atoms with Gasteiger partial charge in [-0.3, -0.25) is 9.59 Å². The molecule has 0 saturated carbocycles. The lowest BCUT2D eigenvalue weighted by Crippen LogP contribution is -2.22. The summed E-state index contributed by atoms with van der Waals surface area (Å²) in [5.74, 6) is -0.206. The van der Waals surface area contributed by atoms with Crippen molar-refractivity contribution < 1.29 is 9.59 Å². The van der Waals surface area contributed by atoms with Crippen LogP contribution in [0, 0.1) is 0 Å². The first-order valence-electron chi connectivity index (χ1n) is 10.5. The standard InChI is InChI=1S/C25H28Cl2N2O2/c26-22-10-6-8-20(18-22)12-14-24(30)28-16-4-2-1-3-5-17-29-25(31)15-13-21-9-7-11-23(27)19-21/h6-15,18-19H,1-5,16-17H2,(H,28,30)(H,29,31). The minimum Gasteiger partial charge on any atom is -0.353 e. The van der Waals surface area contributed by atoms with E-state index >= 15 is 0 Å². The van der Waals surface area contributed by atoms with Gasteiger partial charge in [-0.05, 0) is 60.4 Å². The number of amides is 2. The summed E-state index contributed by atoms with van der Waals surface area (Å²) in [6.45, 7) is 1.31. The molecule has 0 spiro atoms. The maximum atomic E-state index is 11.8. The van der Waals surface area contributed by atoms with Crippen LogP contribution in [0.25, 0.3) is 12.2 Å². The van der Waals surface area contributed by atoms with Crippen LogP contribution in [0.3, 0.4) is 0 Å². The minimum atomic E-state index is -0.103. The Labute approximate surface area is 194 Å². The first-order chi connectivity index (χ1) is 15.0. The summed E-state index contributed by atoms with van der Waals surface area (Å²) in [6.07, 6.45) is 11.6. The molecule has 0 aliphatic carbocycles. The minimum absolute atomic E-state index is 0.103. The molecular formula is C25H28Cl2N2O2. The van der Waals surface area contributed by atoms with Gasteiger partial charge >= 0.3 is 0 Å². The molecule has 0 aromatic heterocycles. The SMILES string of the molecule is O=C(C=Cc1cccc(Cl)c1)NCCCCCCCNC(=O)C=Cc1cccc(Cl)c1. The first-order valence-corrected chi connectivity index (χ1v) is 11.2. The molecule has 0 bridgehead atoms. The van der Waals surface area contributed by atoms with Crippen molar-refractivity contribution in [1.29, 1.82) is 0 Å². The zero-order chi connectivity index (χ0) is 22.3. The van der Waals surface area contributed by atoms with E-state index in [4.69, 9.17) is 23.2 Å². The molecule has 0 aliphatic heterocycles. The zero-order valence-corrected chi connectivity index (χ0v) is 19.0. The van der Waals surface area contributed by atoms with E-state index in [2.05, 4.69) is 10.6 Å². The van der Waals surface area contributed by atoms with Gasteiger partial charge in [-0.1, -0.05) is 66.7 Å². The number of hydrogen-bond acceptors (Lipinski definition) is 2. The second-order valence-corrected chi connectivity index (χ2v) is 8.00. The summed E-state index contributed by atoms with van der Waals surface area (Å²) in [7, 11) is 0. The van der Waals surface area contributed by atoms with E-state index in [1.54, 1.807) is 24.3 Å². The summed E-state index contributed by atoms with van der Waals surface area (Å²) < 4.78 is 0. The average molecular weight is 459 g/mol. The quantitative estimate of drug-likeness (QED) is 0.307. The lowest BCUT2D eigenvalue weighted by molar-refractivity contribution is -0.117. The van der Waals surface area contributed by atoms with Gasteiger partial charge in [-0.25, -0.2) is 0 Å². The maximum Gasteiger partial charge on any atom is 0.243 e. The van der Waals surface area contributed by atoms with Crippen LogP contribution in [0.5, 0.6) is 0 Å². The molecule has 6 heteroatoms. The second kappa shape index (κ2) is 14.4. The molecule has 4 nitrogen and oxygen atoms in total. The van der Waals surface area contributed by atoms with Crippen molar-refractivity contribution in [2.24, 2.45) is 0 Å². The van der Waals surface area contributed by atoms with Crippen LogP contribution in [0.1, 0.15) is 43.2 Å². The van der Waals surface area contributed by atoms with Gasteiger partial charge in [0, 0.05) is 35.3 Å². The fourth-order valence-electron chi connectivity index (χ4n) is 2.89. The van der Waals surface area contributed by atoms with E-state index in [9.17, 15) is 9.59 Å². The first kappa shape index (κ1) is 24.7. The van der Waals surface area contributed by atoms with E-state index in [0.29, 0.717) is 23.1 Å². The third kappa shape index (κ3) is 11.4. The Balaban J connectivity index is 1.46. The summed E-state index contributed by atoms with van der Waals surface area (Å²) >= 11 is 11.8. The number of hydrogen-bond donors (Lipinski definition) is 2. The van der Waals surface area contributed by atoms with Crippen molar-refractivity contribution in [3.63, 3.8) is 0 Å². The Morgan fingerprint density at radius 1 is 0.677 bits per heavy atom. The number of unbranched alkanes of at least 4 members (excludes halogenated alkanes) is 4. The van der Waals surface area contributed by atoms with Gasteiger partial charge in [0.05, 0.1) is 0 Å². The number of halogens is 2. The molecule has 0 atom stereocenters. The molecular weight excluding hydrogens is 431 g/mol. The monoisotopic (exact) mass is 458 g/mol. The number of nitrogens with one attached hydrogen (secondary N) is 2. The predicted octanol–water partition coefficient (Wildman–Crippen LogP) is 5.90. The highest BCUT2D eigenvalue weighted by molar-refractivity contribution is 6.31. The third-order valence-corrected chi connectivity index (χ3v) is 4.97. The molecule has 0 radical (unpaired) electrons. The number of carbonyl (C=O) groups excluding carboxylic acids is 2. The number of rotatable bonds is 12. The van der Waals surface area contributed by atoms with Gasteiger partial charge in [0.25, 0.3) is 0 Å². The summed E-state index contributed by atoms with van der Waals surface area (Å²) in [5, 5.41) is 7.07. The van der Waals surface area contributed by atoms with Crippen molar-refractivity contribution >= 4 is 47.2 Å². The van der Waals surface area contributed by atoms with Gasteiger partial charge in [0.15, 0.2) is 0 Å². The topological polar surface area (TPSA) is 58.2 Å². The molecule has 2 rings (SSSR count). The molecule has 2 aromatic carbocycles. The van der Waals surface area contributed by atoms with Crippen LogP contribution < -0.4 is 10.6 Å². The van der Waals surface area contributed by atoms with Gasteiger partial charge < -0.3 is 10.6 Å². The molecule has 0 unspecified atom stereocenters. The molecule has 2 N–H and O–H groups in total. The van der Waals surface area contributed by atoms with Crippen molar-refractivity contribution in [3.05, 3.63) is 81.9 Å². The Morgan fingerprint density at radius 3 is 1.52 bits per heavy atom. The highest BCUT2D eigenvalue weighted by Crippen LogP contribution is 2.12. The molecule has 2 amide bonds. The van der Waals surface area contributed by atoms with E-state index in [-0.39, 0.29) is 11.8 Å². The van der Waals surface area contributed by atoms with E-state index in [0.717, 1.165) is 43.2 Å². The van der Waals surface area contributed by atoms with E-state index < -0.39 is 0 Å². The Bertz CT molecular complexity index is 836. The van der Waals surface area contributed by atoms with Crippen LogP contribution in [-0.4, -0.2) is 24.9 Å². The van der Waals surface area contributed by atoms with Crippen molar-refractivity contribution in [1.82, 2.24) is 10.6 Å². The van der Waals surface area contributed by atoms with Crippen LogP contribution in [-0.2, 0) is 9.59 Å². The molecule has 31 heavy (non-hydrogen) atoms. The summed E-state index contributed by atoms with van der Waals surface area (Å²) in [6, 6.07) is 14.7. The van der Waals surface area contributed by atoms with Crippen LogP contribution in [0.4, 0.5) is 0 Å². The van der Waals surface area contributed by atoms with Crippen LogP contribution >= 0.6 is 23.2 Å². The average Bonchev–Trinajstić information content (AvgIpc) is 2.75. The summed E-state index contributed by atoms with van der Waals surface area (Å²) in [5.41, 5.74) is 1.80.